The van der Waals surface area contributed by atoms with Crippen LogP contribution in [0.3, 0.4) is 0 Å². The molecule has 5 heteroatoms. The molecular weight excluding hydrogens is 295 g/mol. The fourth-order valence-corrected chi connectivity index (χ4v) is 2.11. The molecule has 0 radical (unpaired) electrons. The van der Waals surface area contributed by atoms with Gasteiger partial charge in [-0.2, -0.15) is 0 Å². The van der Waals surface area contributed by atoms with E-state index >= 15 is 0 Å². The Labute approximate surface area is 126 Å². The van der Waals surface area contributed by atoms with Crippen LogP contribution in [0.15, 0.2) is 48.5 Å². The van der Waals surface area contributed by atoms with Crippen molar-refractivity contribution in [3.05, 3.63) is 70.5 Å². The summed E-state index contributed by atoms with van der Waals surface area (Å²) in [5.74, 6) is -2.88. The Morgan fingerprint density at radius 2 is 1.62 bits per heavy atom. The number of hydrogen-bond donors (Lipinski definition) is 1. The van der Waals surface area contributed by atoms with E-state index in [2.05, 4.69) is 0 Å². The first-order valence-electron chi connectivity index (χ1n) is 6.24. The molecule has 2 aromatic carbocycles. The maximum absolute atomic E-state index is 12.9. The second-order valence-corrected chi connectivity index (χ2v) is 5.01. The van der Waals surface area contributed by atoms with Gasteiger partial charge >= 0.3 is 5.97 Å². The summed E-state index contributed by atoms with van der Waals surface area (Å²) in [6.45, 7) is 0. The highest BCUT2D eigenvalue weighted by molar-refractivity contribution is 6.30. The van der Waals surface area contributed by atoms with Crippen molar-refractivity contribution in [2.75, 3.05) is 0 Å². The van der Waals surface area contributed by atoms with Gasteiger partial charge in [-0.1, -0.05) is 23.7 Å². The third-order valence-corrected chi connectivity index (χ3v) is 3.38. The molecule has 0 bridgehead atoms. The van der Waals surface area contributed by atoms with Gasteiger partial charge in [0.25, 0.3) is 0 Å². The molecule has 0 spiro atoms. The number of aliphatic carboxylic acids is 1. The normalized spacial score (nSPS) is 11.9. The summed E-state index contributed by atoms with van der Waals surface area (Å²) in [4.78, 5) is 23.5. The van der Waals surface area contributed by atoms with E-state index in [1.54, 1.807) is 24.3 Å². The van der Waals surface area contributed by atoms with E-state index in [1.807, 2.05) is 0 Å². The van der Waals surface area contributed by atoms with Gasteiger partial charge in [-0.15, -0.1) is 0 Å². The number of rotatable bonds is 5. The molecular formula is C16H12ClFO3. The second-order valence-electron chi connectivity index (χ2n) is 4.58. The highest BCUT2D eigenvalue weighted by Crippen LogP contribution is 2.23. The van der Waals surface area contributed by atoms with Gasteiger partial charge < -0.3 is 5.11 Å². The molecule has 0 aliphatic heterocycles. The molecule has 108 valence electrons. The lowest BCUT2D eigenvalue weighted by molar-refractivity contribution is -0.138. The van der Waals surface area contributed by atoms with Crippen LogP contribution in [-0.4, -0.2) is 16.9 Å². The first-order chi connectivity index (χ1) is 9.97. The van der Waals surface area contributed by atoms with Crippen LogP contribution in [0.1, 0.15) is 28.3 Å². The lowest BCUT2D eigenvalue weighted by Crippen LogP contribution is -2.16. The summed E-state index contributed by atoms with van der Waals surface area (Å²) >= 11 is 5.74. The van der Waals surface area contributed by atoms with Crippen molar-refractivity contribution in [1.82, 2.24) is 0 Å². The summed E-state index contributed by atoms with van der Waals surface area (Å²) in [5.41, 5.74) is 0.791. The maximum atomic E-state index is 12.9. The molecule has 3 nitrogen and oxygen atoms in total. The SMILES string of the molecule is O=C(C[C@@H](C(=O)O)c1ccc(F)cc1)c1ccc(Cl)cc1. The van der Waals surface area contributed by atoms with Gasteiger partial charge in [0.2, 0.25) is 0 Å². The number of hydrogen-bond acceptors (Lipinski definition) is 2. The molecule has 0 aromatic heterocycles. The Bertz CT molecular complexity index is 650. The molecule has 0 amide bonds. The minimum Gasteiger partial charge on any atom is -0.481 e. The molecule has 0 saturated heterocycles. The average molecular weight is 307 g/mol. The number of ketones is 1. The van der Waals surface area contributed by atoms with Crippen LogP contribution in [0.5, 0.6) is 0 Å². The van der Waals surface area contributed by atoms with Crippen LogP contribution < -0.4 is 0 Å². The maximum Gasteiger partial charge on any atom is 0.311 e. The molecule has 2 aromatic rings. The molecule has 0 unspecified atom stereocenters. The van der Waals surface area contributed by atoms with Crippen LogP contribution in [-0.2, 0) is 4.79 Å². The predicted octanol–water partition coefficient (Wildman–Crippen LogP) is 3.92. The topological polar surface area (TPSA) is 54.4 Å². The van der Waals surface area contributed by atoms with Crippen LogP contribution >= 0.6 is 11.6 Å². The van der Waals surface area contributed by atoms with E-state index in [1.165, 1.54) is 24.3 Å². The molecule has 0 aliphatic carbocycles. The summed E-state index contributed by atoms with van der Waals surface area (Å²) in [7, 11) is 0. The van der Waals surface area contributed by atoms with Crippen molar-refractivity contribution in [2.45, 2.75) is 12.3 Å². The number of carbonyl (C=O) groups is 2. The summed E-state index contributed by atoms with van der Waals surface area (Å²) in [6.07, 6.45) is -0.192. The number of carboxylic acids is 1. The zero-order valence-corrected chi connectivity index (χ0v) is 11.7. The number of benzene rings is 2. The van der Waals surface area contributed by atoms with Crippen molar-refractivity contribution in [2.24, 2.45) is 0 Å². The third-order valence-electron chi connectivity index (χ3n) is 3.13. The summed E-state index contributed by atoms with van der Waals surface area (Å²) < 4.78 is 12.9. The first kappa shape index (κ1) is 15.2. The zero-order valence-electron chi connectivity index (χ0n) is 10.9. The molecule has 0 aliphatic rings. The van der Waals surface area contributed by atoms with E-state index in [0.717, 1.165) is 0 Å². The van der Waals surface area contributed by atoms with Gasteiger partial charge in [0, 0.05) is 17.0 Å². The fraction of sp³-hybridized carbons (Fsp3) is 0.125. The van der Waals surface area contributed by atoms with E-state index in [0.29, 0.717) is 16.1 Å². The van der Waals surface area contributed by atoms with Crippen LogP contribution in [0.4, 0.5) is 4.39 Å². The minimum absolute atomic E-state index is 0.192. The van der Waals surface area contributed by atoms with E-state index in [-0.39, 0.29) is 12.2 Å². The highest BCUT2D eigenvalue weighted by Gasteiger charge is 2.23. The quantitative estimate of drug-likeness (QED) is 0.852. The van der Waals surface area contributed by atoms with Gasteiger partial charge in [-0.05, 0) is 42.0 Å². The fourth-order valence-electron chi connectivity index (χ4n) is 1.98. The molecule has 0 heterocycles. The Balaban J connectivity index is 2.20. The second kappa shape index (κ2) is 6.50. The van der Waals surface area contributed by atoms with Crippen LogP contribution in [0.2, 0.25) is 5.02 Å². The van der Waals surface area contributed by atoms with Crippen molar-refractivity contribution in [3.63, 3.8) is 0 Å². The van der Waals surface area contributed by atoms with Crippen LogP contribution in [0.25, 0.3) is 0 Å². The number of halogens is 2. The molecule has 0 fully saturated rings. The van der Waals surface area contributed by atoms with Crippen molar-refractivity contribution >= 4 is 23.4 Å². The van der Waals surface area contributed by atoms with Crippen LogP contribution in [0, 0.1) is 5.82 Å². The Kier molecular flexibility index (Phi) is 4.70. The standard InChI is InChI=1S/C16H12ClFO3/c17-12-5-1-11(2-6-12)15(19)9-14(16(20)21)10-3-7-13(18)8-4-10/h1-8,14H,9H2,(H,20,21)/t14-/m1/s1. The van der Waals surface area contributed by atoms with Gasteiger partial charge in [0.05, 0.1) is 5.92 Å². The lowest BCUT2D eigenvalue weighted by atomic mass is 9.91. The molecule has 2 rings (SSSR count). The zero-order chi connectivity index (χ0) is 15.4. The lowest BCUT2D eigenvalue weighted by Gasteiger charge is -2.12. The smallest absolute Gasteiger partial charge is 0.311 e. The third kappa shape index (κ3) is 3.89. The Morgan fingerprint density at radius 3 is 2.14 bits per heavy atom. The largest absolute Gasteiger partial charge is 0.481 e. The number of carboxylic acid groups (broad SMARTS) is 1. The average Bonchev–Trinajstić information content (AvgIpc) is 2.46. The summed E-state index contributed by atoms with van der Waals surface area (Å²) in [5, 5.41) is 9.77. The van der Waals surface area contributed by atoms with Gasteiger partial charge in [-0.3, -0.25) is 9.59 Å². The minimum atomic E-state index is -1.12. The molecule has 0 saturated carbocycles. The van der Waals surface area contributed by atoms with E-state index < -0.39 is 17.7 Å². The predicted molar refractivity (Wildman–Crippen MR) is 77.2 cm³/mol. The number of Topliss-reactive ketones (excluding diaryl/α,β-unsaturated/α-hetero) is 1. The van der Waals surface area contributed by atoms with Crippen molar-refractivity contribution in [3.8, 4) is 0 Å². The summed E-state index contributed by atoms with van der Waals surface area (Å²) in [6, 6.07) is 11.4. The van der Waals surface area contributed by atoms with Gasteiger partial charge in [0.1, 0.15) is 5.82 Å². The van der Waals surface area contributed by atoms with E-state index in [9.17, 15) is 19.1 Å². The van der Waals surface area contributed by atoms with Gasteiger partial charge in [0.15, 0.2) is 5.78 Å². The monoisotopic (exact) mass is 306 g/mol. The highest BCUT2D eigenvalue weighted by atomic mass is 35.5. The Morgan fingerprint density at radius 1 is 1.05 bits per heavy atom. The Hall–Kier alpha value is -2.20. The molecule has 21 heavy (non-hydrogen) atoms. The van der Waals surface area contributed by atoms with E-state index in [4.69, 9.17) is 11.6 Å². The molecule has 1 N–H and O–H groups in total. The van der Waals surface area contributed by atoms with Crippen molar-refractivity contribution < 1.29 is 19.1 Å². The molecule has 1 atom stereocenters. The number of carbonyl (C=O) groups excluding carboxylic acids is 1. The first-order valence-corrected chi connectivity index (χ1v) is 6.62. The van der Waals surface area contributed by atoms with Crippen molar-refractivity contribution in [1.29, 1.82) is 0 Å². The van der Waals surface area contributed by atoms with Gasteiger partial charge in [-0.25, -0.2) is 4.39 Å².